The summed E-state index contributed by atoms with van der Waals surface area (Å²) < 4.78 is 24.9. The number of piperidine rings is 1. The van der Waals surface area contributed by atoms with Crippen molar-refractivity contribution in [3.63, 3.8) is 0 Å². The topological polar surface area (TPSA) is 66.5 Å². The van der Waals surface area contributed by atoms with Gasteiger partial charge in [0.2, 0.25) is 15.9 Å². The molecule has 1 N–H and O–H groups in total. The molecule has 1 amide bonds. The molecular formula is C12H14Cl2N2O3S. The van der Waals surface area contributed by atoms with E-state index in [1.54, 1.807) is 18.2 Å². The number of carbonyl (C=O) groups excluding carboxylic acids is 1. The van der Waals surface area contributed by atoms with Crippen LogP contribution < -0.4 is 9.62 Å². The highest BCUT2D eigenvalue weighted by Crippen LogP contribution is 2.31. The van der Waals surface area contributed by atoms with Crippen LogP contribution in [0.25, 0.3) is 0 Å². The Hall–Kier alpha value is -0.820. The minimum absolute atomic E-state index is 0.300. The van der Waals surface area contributed by atoms with E-state index >= 15 is 0 Å². The lowest BCUT2D eigenvalue weighted by atomic mass is 10.0. The summed E-state index contributed by atoms with van der Waals surface area (Å²) in [5.74, 6) is -0.300. The van der Waals surface area contributed by atoms with Gasteiger partial charge in [-0.3, -0.25) is 4.79 Å². The molecule has 1 fully saturated rings. The van der Waals surface area contributed by atoms with Gasteiger partial charge in [0.1, 0.15) is 6.04 Å². The number of amides is 1. The van der Waals surface area contributed by atoms with E-state index < -0.39 is 16.1 Å². The van der Waals surface area contributed by atoms with Gasteiger partial charge in [0.25, 0.3) is 0 Å². The Labute approximate surface area is 127 Å². The zero-order valence-corrected chi connectivity index (χ0v) is 13.1. The Bertz CT molecular complexity index is 634. The molecule has 1 aliphatic heterocycles. The predicted octanol–water partition coefficient (Wildman–Crippen LogP) is 2.04. The third-order valence-electron chi connectivity index (χ3n) is 3.00. The van der Waals surface area contributed by atoms with Crippen molar-refractivity contribution in [2.75, 3.05) is 17.7 Å². The zero-order chi connectivity index (χ0) is 14.9. The number of halogens is 2. The van der Waals surface area contributed by atoms with Crippen molar-refractivity contribution in [1.29, 1.82) is 0 Å². The molecule has 0 aliphatic carbocycles. The number of hydrogen-bond acceptors (Lipinski definition) is 3. The molecule has 1 aromatic rings. The second kappa shape index (κ2) is 5.89. The van der Waals surface area contributed by atoms with Crippen molar-refractivity contribution in [1.82, 2.24) is 4.72 Å². The highest BCUT2D eigenvalue weighted by Gasteiger charge is 2.32. The summed E-state index contributed by atoms with van der Waals surface area (Å²) in [6.45, 7) is 0.502. The minimum atomic E-state index is -3.43. The summed E-state index contributed by atoms with van der Waals surface area (Å²) in [5.41, 5.74) is 0.543. The van der Waals surface area contributed by atoms with Crippen LogP contribution in [0.3, 0.4) is 0 Å². The Balaban J connectivity index is 2.26. The van der Waals surface area contributed by atoms with Gasteiger partial charge < -0.3 is 4.90 Å². The summed E-state index contributed by atoms with van der Waals surface area (Å²) in [6.07, 6.45) is 2.21. The van der Waals surface area contributed by atoms with Crippen LogP contribution in [0, 0.1) is 0 Å². The van der Waals surface area contributed by atoms with Gasteiger partial charge in [-0.25, -0.2) is 13.1 Å². The molecule has 0 spiro atoms. The highest BCUT2D eigenvalue weighted by molar-refractivity contribution is 7.88. The molecule has 1 atom stereocenters. The molecule has 1 saturated heterocycles. The smallest absolute Gasteiger partial charge is 0.245 e. The molecule has 0 aromatic heterocycles. The van der Waals surface area contributed by atoms with Gasteiger partial charge in [0.15, 0.2) is 0 Å². The predicted molar refractivity (Wildman–Crippen MR) is 79.8 cm³/mol. The molecular weight excluding hydrogens is 323 g/mol. The number of benzene rings is 1. The van der Waals surface area contributed by atoms with Crippen molar-refractivity contribution in [3.05, 3.63) is 28.2 Å². The second-order valence-electron chi connectivity index (χ2n) is 4.67. The van der Waals surface area contributed by atoms with E-state index in [0.29, 0.717) is 35.1 Å². The number of anilines is 1. The highest BCUT2D eigenvalue weighted by atomic mass is 35.5. The number of carbonyl (C=O) groups is 1. The van der Waals surface area contributed by atoms with Gasteiger partial charge in [-0.05, 0) is 31.0 Å². The third kappa shape index (κ3) is 3.63. The van der Waals surface area contributed by atoms with Gasteiger partial charge in [-0.2, -0.15) is 0 Å². The van der Waals surface area contributed by atoms with Crippen LogP contribution in [0.2, 0.25) is 10.0 Å². The van der Waals surface area contributed by atoms with E-state index in [9.17, 15) is 13.2 Å². The maximum atomic E-state index is 12.3. The minimum Gasteiger partial charge on any atom is -0.310 e. The van der Waals surface area contributed by atoms with E-state index in [4.69, 9.17) is 23.2 Å². The van der Waals surface area contributed by atoms with E-state index in [1.807, 2.05) is 0 Å². The van der Waals surface area contributed by atoms with Gasteiger partial charge in [0, 0.05) is 11.6 Å². The lowest BCUT2D eigenvalue weighted by molar-refractivity contribution is -0.121. The van der Waals surface area contributed by atoms with Crippen LogP contribution in [0.1, 0.15) is 12.8 Å². The first-order valence-electron chi connectivity index (χ1n) is 6.01. The van der Waals surface area contributed by atoms with Gasteiger partial charge in [-0.15, -0.1) is 0 Å². The Morgan fingerprint density at radius 3 is 2.65 bits per heavy atom. The fourth-order valence-corrected chi connectivity index (χ4v) is 3.43. The maximum Gasteiger partial charge on any atom is 0.245 e. The van der Waals surface area contributed by atoms with Crippen LogP contribution in [0.15, 0.2) is 18.2 Å². The first kappa shape index (κ1) is 15.6. The molecule has 2 rings (SSSR count). The Morgan fingerprint density at radius 2 is 2.05 bits per heavy atom. The molecule has 8 heteroatoms. The molecule has 1 aromatic carbocycles. The van der Waals surface area contributed by atoms with E-state index in [2.05, 4.69) is 4.72 Å². The fourth-order valence-electron chi connectivity index (χ4n) is 2.18. The molecule has 0 radical (unpaired) electrons. The van der Waals surface area contributed by atoms with Crippen molar-refractivity contribution in [3.8, 4) is 0 Å². The molecule has 0 bridgehead atoms. The van der Waals surface area contributed by atoms with Crippen LogP contribution in [0.4, 0.5) is 5.69 Å². The average molecular weight is 337 g/mol. The molecule has 1 aliphatic rings. The van der Waals surface area contributed by atoms with Crippen molar-refractivity contribution in [2.45, 2.75) is 18.9 Å². The number of nitrogens with zero attached hydrogens (tertiary/aromatic N) is 1. The molecule has 5 nitrogen and oxygen atoms in total. The standard InChI is InChI=1S/C12H14Cl2N2O3S/c1-20(18,19)15-10-3-2-6-16(12(10)17)11-5-4-8(13)7-9(11)14/h4-5,7,10,15H,2-3,6H2,1H3/t10-/m0/s1. The van der Waals surface area contributed by atoms with Gasteiger partial charge in [0.05, 0.1) is 17.0 Å². The quantitative estimate of drug-likeness (QED) is 0.918. The monoisotopic (exact) mass is 336 g/mol. The first-order chi connectivity index (χ1) is 9.28. The summed E-state index contributed by atoms with van der Waals surface area (Å²) in [6, 6.07) is 4.11. The molecule has 0 saturated carbocycles. The normalized spacial score (nSPS) is 20.2. The van der Waals surface area contributed by atoms with Crippen molar-refractivity contribution < 1.29 is 13.2 Å². The summed E-state index contributed by atoms with van der Waals surface area (Å²) in [4.78, 5) is 13.8. The van der Waals surface area contributed by atoms with Crippen molar-refractivity contribution in [2.24, 2.45) is 0 Å². The molecule has 0 unspecified atom stereocenters. The summed E-state index contributed by atoms with van der Waals surface area (Å²) >= 11 is 11.9. The van der Waals surface area contributed by atoms with Gasteiger partial charge >= 0.3 is 0 Å². The largest absolute Gasteiger partial charge is 0.310 e. The van der Waals surface area contributed by atoms with Crippen molar-refractivity contribution >= 4 is 44.8 Å². The number of rotatable bonds is 3. The molecule has 1 heterocycles. The van der Waals surface area contributed by atoms with Gasteiger partial charge in [-0.1, -0.05) is 23.2 Å². The van der Waals surface area contributed by atoms with E-state index in [-0.39, 0.29) is 5.91 Å². The lowest BCUT2D eigenvalue weighted by Crippen LogP contribution is -2.52. The number of nitrogens with one attached hydrogen (secondary N) is 1. The van der Waals surface area contributed by atoms with E-state index in [1.165, 1.54) is 4.90 Å². The summed E-state index contributed by atoms with van der Waals surface area (Å²) in [5, 5.41) is 0.847. The zero-order valence-electron chi connectivity index (χ0n) is 10.8. The molecule has 110 valence electrons. The van der Waals surface area contributed by atoms with Crippen LogP contribution in [-0.2, 0) is 14.8 Å². The first-order valence-corrected chi connectivity index (χ1v) is 8.66. The summed E-state index contributed by atoms with van der Waals surface area (Å²) in [7, 11) is -3.43. The fraction of sp³-hybridized carbons (Fsp3) is 0.417. The van der Waals surface area contributed by atoms with E-state index in [0.717, 1.165) is 6.26 Å². The maximum absolute atomic E-state index is 12.3. The Morgan fingerprint density at radius 1 is 1.35 bits per heavy atom. The third-order valence-corrected chi connectivity index (χ3v) is 4.25. The SMILES string of the molecule is CS(=O)(=O)N[C@H]1CCCN(c2ccc(Cl)cc2Cl)C1=O. The Kier molecular flexibility index (Phi) is 4.59. The average Bonchev–Trinajstić information content (AvgIpc) is 2.31. The number of sulfonamides is 1. The van der Waals surface area contributed by atoms with Crippen LogP contribution in [0.5, 0.6) is 0 Å². The van der Waals surface area contributed by atoms with Crippen LogP contribution >= 0.6 is 23.2 Å². The van der Waals surface area contributed by atoms with Crippen LogP contribution in [-0.4, -0.2) is 33.2 Å². The lowest BCUT2D eigenvalue weighted by Gasteiger charge is -2.32. The number of hydrogen-bond donors (Lipinski definition) is 1. The second-order valence-corrected chi connectivity index (χ2v) is 7.29. The molecule has 20 heavy (non-hydrogen) atoms.